The highest BCUT2D eigenvalue weighted by Crippen LogP contribution is 2.24. The smallest absolute Gasteiger partial charge is 0.244 e. The maximum atomic E-state index is 12.5. The van der Waals surface area contributed by atoms with E-state index in [0.29, 0.717) is 0 Å². The molecule has 4 heteroatoms. The number of amides is 1. The first-order valence-corrected chi connectivity index (χ1v) is 7.62. The highest BCUT2D eigenvalue weighted by Gasteiger charge is 2.31. The third kappa shape index (κ3) is 3.08. The molecule has 1 aromatic heterocycles. The molecule has 2 rings (SSSR count). The van der Waals surface area contributed by atoms with Crippen molar-refractivity contribution < 1.29 is 4.79 Å². The van der Waals surface area contributed by atoms with Crippen LogP contribution in [0.4, 0.5) is 0 Å². The van der Waals surface area contributed by atoms with Crippen molar-refractivity contribution >= 4 is 17.2 Å². The van der Waals surface area contributed by atoms with E-state index < -0.39 is 5.54 Å². The molecule has 1 heterocycles. The monoisotopic (exact) mass is 288 g/mol. The Morgan fingerprint density at radius 1 is 1.30 bits per heavy atom. The average molecular weight is 288 g/mol. The van der Waals surface area contributed by atoms with E-state index in [9.17, 15) is 4.79 Å². The maximum Gasteiger partial charge on any atom is 0.244 e. The zero-order valence-electron chi connectivity index (χ0n) is 11.8. The van der Waals surface area contributed by atoms with Crippen LogP contribution in [0.5, 0.6) is 0 Å². The Labute approximate surface area is 123 Å². The van der Waals surface area contributed by atoms with Crippen molar-refractivity contribution in [2.75, 3.05) is 0 Å². The second-order valence-corrected chi connectivity index (χ2v) is 6.00. The van der Waals surface area contributed by atoms with Gasteiger partial charge in [0.2, 0.25) is 5.91 Å². The summed E-state index contributed by atoms with van der Waals surface area (Å²) in [7, 11) is 0. The summed E-state index contributed by atoms with van der Waals surface area (Å²) in [5.41, 5.74) is 6.03. The van der Waals surface area contributed by atoms with Crippen molar-refractivity contribution in [2.45, 2.75) is 31.8 Å². The van der Waals surface area contributed by atoms with E-state index in [0.717, 1.165) is 16.9 Å². The van der Waals surface area contributed by atoms with Crippen LogP contribution in [0.3, 0.4) is 0 Å². The summed E-state index contributed by atoms with van der Waals surface area (Å²) in [6.07, 6.45) is 0.844. The van der Waals surface area contributed by atoms with E-state index in [1.54, 1.807) is 18.3 Å². The van der Waals surface area contributed by atoms with Crippen LogP contribution in [0.2, 0.25) is 0 Å². The topological polar surface area (TPSA) is 55.1 Å². The van der Waals surface area contributed by atoms with E-state index in [4.69, 9.17) is 5.73 Å². The van der Waals surface area contributed by atoms with E-state index in [1.165, 1.54) is 0 Å². The lowest BCUT2D eigenvalue weighted by Gasteiger charge is -2.27. The van der Waals surface area contributed by atoms with Crippen LogP contribution in [0.15, 0.2) is 47.8 Å². The average Bonchev–Trinajstić information content (AvgIpc) is 2.99. The van der Waals surface area contributed by atoms with Gasteiger partial charge in [0, 0.05) is 4.88 Å². The zero-order chi connectivity index (χ0) is 14.6. The molecule has 2 atom stereocenters. The van der Waals surface area contributed by atoms with Gasteiger partial charge in [-0.15, -0.1) is 11.3 Å². The quantitative estimate of drug-likeness (QED) is 0.887. The summed E-state index contributed by atoms with van der Waals surface area (Å²) in [5, 5.41) is 5.07. The SMILES string of the molecule is CCC(NC(=O)C(C)(N)c1ccccc1)c1cccs1. The van der Waals surface area contributed by atoms with Crippen molar-refractivity contribution in [3.05, 3.63) is 58.3 Å². The summed E-state index contributed by atoms with van der Waals surface area (Å²) in [6.45, 7) is 3.81. The summed E-state index contributed by atoms with van der Waals surface area (Å²) >= 11 is 1.65. The molecule has 0 saturated heterocycles. The molecule has 3 N–H and O–H groups in total. The first-order chi connectivity index (χ1) is 9.55. The van der Waals surface area contributed by atoms with Gasteiger partial charge in [0.1, 0.15) is 5.54 Å². The van der Waals surface area contributed by atoms with Crippen molar-refractivity contribution in [1.29, 1.82) is 0 Å². The molecule has 1 amide bonds. The number of carbonyl (C=O) groups excluding carboxylic acids is 1. The van der Waals surface area contributed by atoms with Crippen molar-refractivity contribution in [3.63, 3.8) is 0 Å². The lowest BCUT2D eigenvalue weighted by atomic mass is 9.92. The molecule has 2 unspecified atom stereocenters. The molecule has 106 valence electrons. The fraction of sp³-hybridized carbons (Fsp3) is 0.312. The van der Waals surface area contributed by atoms with Gasteiger partial charge in [0.05, 0.1) is 6.04 Å². The molecule has 0 aliphatic rings. The third-order valence-electron chi connectivity index (χ3n) is 3.45. The maximum absolute atomic E-state index is 12.5. The fourth-order valence-electron chi connectivity index (χ4n) is 2.09. The molecule has 0 radical (unpaired) electrons. The first kappa shape index (κ1) is 14.8. The molecule has 0 bridgehead atoms. The predicted octanol–water partition coefficient (Wildman–Crippen LogP) is 3.19. The van der Waals surface area contributed by atoms with Gasteiger partial charge in [-0.25, -0.2) is 0 Å². The van der Waals surface area contributed by atoms with Crippen molar-refractivity contribution in [2.24, 2.45) is 5.73 Å². The van der Waals surface area contributed by atoms with Gasteiger partial charge in [0.25, 0.3) is 0 Å². The van der Waals surface area contributed by atoms with Gasteiger partial charge >= 0.3 is 0 Å². The number of nitrogens with two attached hydrogens (primary N) is 1. The van der Waals surface area contributed by atoms with Gasteiger partial charge in [-0.1, -0.05) is 43.3 Å². The lowest BCUT2D eigenvalue weighted by molar-refractivity contribution is -0.126. The highest BCUT2D eigenvalue weighted by molar-refractivity contribution is 7.10. The van der Waals surface area contributed by atoms with Gasteiger partial charge in [-0.3, -0.25) is 4.79 Å². The number of nitrogens with one attached hydrogen (secondary N) is 1. The highest BCUT2D eigenvalue weighted by atomic mass is 32.1. The van der Waals surface area contributed by atoms with E-state index >= 15 is 0 Å². The molecule has 0 aliphatic carbocycles. The standard InChI is InChI=1S/C16H20N2OS/c1-3-13(14-10-7-11-20-14)18-15(19)16(2,17)12-8-5-4-6-9-12/h4-11,13H,3,17H2,1-2H3,(H,18,19). The minimum absolute atomic E-state index is 0.0223. The number of thiophene rings is 1. The molecule has 1 aromatic carbocycles. The van der Waals surface area contributed by atoms with E-state index in [1.807, 2.05) is 47.8 Å². The van der Waals surface area contributed by atoms with Crippen LogP contribution in [0.1, 0.15) is 36.8 Å². The largest absolute Gasteiger partial charge is 0.347 e. The fourth-order valence-corrected chi connectivity index (χ4v) is 2.95. The van der Waals surface area contributed by atoms with Gasteiger partial charge < -0.3 is 11.1 Å². The van der Waals surface area contributed by atoms with E-state index in [-0.39, 0.29) is 11.9 Å². The Morgan fingerprint density at radius 3 is 2.55 bits per heavy atom. The molecule has 20 heavy (non-hydrogen) atoms. The zero-order valence-corrected chi connectivity index (χ0v) is 12.6. The lowest BCUT2D eigenvalue weighted by Crippen LogP contribution is -2.49. The summed E-state index contributed by atoms with van der Waals surface area (Å²) in [6, 6.07) is 13.5. The van der Waals surface area contributed by atoms with Crippen LogP contribution < -0.4 is 11.1 Å². The number of rotatable bonds is 5. The molecular formula is C16H20N2OS. The van der Waals surface area contributed by atoms with Gasteiger partial charge in [0.15, 0.2) is 0 Å². The van der Waals surface area contributed by atoms with E-state index in [2.05, 4.69) is 12.2 Å². The summed E-state index contributed by atoms with van der Waals surface area (Å²) < 4.78 is 0. The number of carbonyl (C=O) groups is 1. The van der Waals surface area contributed by atoms with Crippen molar-refractivity contribution in [1.82, 2.24) is 5.32 Å². The molecule has 0 saturated carbocycles. The van der Waals surface area contributed by atoms with Gasteiger partial charge in [-0.2, -0.15) is 0 Å². The normalized spacial score (nSPS) is 15.3. The number of hydrogen-bond acceptors (Lipinski definition) is 3. The third-order valence-corrected chi connectivity index (χ3v) is 4.43. The molecule has 0 aliphatic heterocycles. The molecular weight excluding hydrogens is 268 g/mol. The summed E-state index contributed by atoms with van der Waals surface area (Å²) in [4.78, 5) is 13.7. The van der Waals surface area contributed by atoms with Crippen molar-refractivity contribution in [3.8, 4) is 0 Å². The Bertz CT molecular complexity index is 549. The van der Waals surface area contributed by atoms with Crippen LogP contribution in [-0.4, -0.2) is 5.91 Å². The Balaban J connectivity index is 2.15. The van der Waals surface area contributed by atoms with Crippen LogP contribution >= 0.6 is 11.3 Å². The van der Waals surface area contributed by atoms with Crippen LogP contribution in [-0.2, 0) is 10.3 Å². The molecule has 3 nitrogen and oxygen atoms in total. The summed E-state index contributed by atoms with van der Waals surface area (Å²) in [5.74, 6) is -0.149. The minimum Gasteiger partial charge on any atom is -0.347 e. The van der Waals surface area contributed by atoms with Crippen LogP contribution in [0.25, 0.3) is 0 Å². The second-order valence-electron chi connectivity index (χ2n) is 5.02. The Morgan fingerprint density at radius 2 is 2.00 bits per heavy atom. The molecule has 0 fully saturated rings. The Kier molecular flexibility index (Phi) is 4.57. The number of benzene rings is 1. The molecule has 0 spiro atoms. The number of hydrogen-bond donors (Lipinski definition) is 2. The predicted molar refractivity (Wildman–Crippen MR) is 83.5 cm³/mol. The Hall–Kier alpha value is -1.65. The first-order valence-electron chi connectivity index (χ1n) is 6.74. The second kappa shape index (κ2) is 6.20. The van der Waals surface area contributed by atoms with Gasteiger partial charge in [-0.05, 0) is 30.4 Å². The minimum atomic E-state index is -1.02. The van der Waals surface area contributed by atoms with Crippen LogP contribution in [0, 0.1) is 0 Å². The molecule has 2 aromatic rings.